The lowest BCUT2D eigenvalue weighted by atomic mass is 10.2. The van der Waals surface area contributed by atoms with Crippen LogP contribution in [0.25, 0.3) is 0 Å². The molecule has 2 amide bonds. The molecule has 1 aromatic heterocycles. The zero-order valence-electron chi connectivity index (χ0n) is 9.98. The third-order valence-electron chi connectivity index (χ3n) is 2.61. The molecule has 0 atom stereocenters. The van der Waals surface area contributed by atoms with Crippen LogP contribution in [0.1, 0.15) is 23.4 Å². The van der Waals surface area contributed by atoms with Crippen LogP contribution >= 0.6 is 0 Å². The molecule has 18 heavy (non-hydrogen) atoms. The molecule has 1 aromatic rings. The van der Waals surface area contributed by atoms with Crippen LogP contribution in [0.15, 0.2) is 22.8 Å². The van der Waals surface area contributed by atoms with Gasteiger partial charge < -0.3 is 19.8 Å². The monoisotopic (exact) mass is 252 g/mol. The Labute approximate surface area is 105 Å². The van der Waals surface area contributed by atoms with Gasteiger partial charge in [-0.15, -0.1) is 0 Å². The Morgan fingerprint density at radius 2 is 2.22 bits per heavy atom. The number of hydrogen-bond donors (Lipinski definition) is 2. The van der Waals surface area contributed by atoms with Crippen molar-refractivity contribution in [1.29, 1.82) is 0 Å². The Morgan fingerprint density at radius 1 is 1.39 bits per heavy atom. The topological polar surface area (TPSA) is 80.6 Å². The molecule has 0 saturated carbocycles. The third kappa shape index (κ3) is 3.59. The van der Waals surface area contributed by atoms with E-state index in [1.54, 1.807) is 12.1 Å². The summed E-state index contributed by atoms with van der Waals surface area (Å²) in [6, 6.07) is 3.41. The highest BCUT2D eigenvalue weighted by atomic mass is 16.5. The number of amides is 2. The summed E-state index contributed by atoms with van der Waals surface area (Å²) in [6.45, 7) is 1.65. The molecule has 0 unspecified atom stereocenters. The van der Waals surface area contributed by atoms with Crippen molar-refractivity contribution in [2.45, 2.75) is 18.9 Å². The van der Waals surface area contributed by atoms with Gasteiger partial charge in [0.2, 0.25) is 5.91 Å². The minimum Gasteiger partial charge on any atom is -0.459 e. The van der Waals surface area contributed by atoms with Crippen molar-refractivity contribution in [3.05, 3.63) is 24.2 Å². The number of hydrogen-bond acceptors (Lipinski definition) is 4. The van der Waals surface area contributed by atoms with Crippen LogP contribution in [0.3, 0.4) is 0 Å². The second kappa shape index (κ2) is 6.20. The van der Waals surface area contributed by atoms with Gasteiger partial charge in [0, 0.05) is 13.0 Å². The molecule has 0 aromatic carbocycles. The molecular formula is C12H16N2O4. The van der Waals surface area contributed by atoms with Crippen molar-refractivity contribution in [2.24, 2.45) is 0 Å². The number of carbonyl (C=O) groups is 2. The normalized spacial score (nSPS) is 14.9. The highest BCUT2D eigenvalue weighted by molar-refractivity contribution is 5.91. The standard InChI is InChI=1S/C12H16N2O4/c15-11(14-9-7-17-8-9)4-1-5-13-12(16)10-3-2-6-18-10/h2-3,6,9H,1,4-5,7-8H2,(H,13,16)(H,14,15). The number of furan rings is 1. The van der Waals surface area contributed by atoms with E-state index in [9.17, 15) is 9.59 Å². The molecule has 0 aliphatic carbocycles. The highest BCUT2D eigenvalue weighted by Gasteiger charge is 2.19. The summed E-state index contributed by atoms with van der Waals surface area (Å²) in [4.78, 5) is 22.9. The Kier molecular flexibility index (Phi) is 4.35. The number of ether oxygens (including phenoxy) is 1. The fourth-order valence-electron chi connectivity index (χ4n) is 1.56. The van der Waals surface area contributed by atoms with E-state index in [2.05, 4.69) is 10.6 Å². The van der Waals surface area contributed by atoms with Gasteiger partial charge in [-0.25, -0.2) is 0 Å². The first-order valence-corrected chi connectivity index (χ1v) is 5.94. The van der Waals surface area contributed by atoms with Crippen molar-refractivity contribution < 1.29 is 18.7 Å². The van der Waals surface area contributed by atoms with Gasteiger partial charge in [0.1, 0.15) is 0 Å². The van der Waals surface area contributed by atoms with Crippen LogP contribution in [0.4, 0.5) is 0 Å². The Balaban J connectivity index is 1.55. The van der Waals surface area contributed by atoms with Crippen LogP contribution in [0.2, 0.25) is 0 Å². The van der Waals surface area contributed by atoms with E-state index < -0.39 is 0 Å². The fraction of sp³-hybridized carbons (Fsp3) is 0.500. The van der Waals surface area contributed by atoms with Crippen LogP contribution in [-0.4, -0.2) is 37.6 Å². The van der Waals surface area contributed by atoms with Crippen molar-refractivity contribution in [2.75, 3.05) is 19.8 Å². The molecule has 0 bridgehead atoms. The van der Waals surface area contributed by atoms with E-state index in [1.165, 1.54) is 6.26 Å². The average Bonchev–Trinajstić information content (AvgIpc) is 2.83. The summed E-state index contributed by atoms with van der Waals surface area (Å²) in [6.07, 6.45) is 2.45. The molecule has 2 heterocycles. The molecule has 1 fully saturated rings. The number of carbonyl (C=O) groups excluding carboxylic acids is 2. The predicted octanol–water partition coefficient (Wildman–Crippen LogP) is 0.305. The second-order valence-corrected chi connectivity index (χ2v) is 4.14. The largest absolute Gasteiger partial charge is 0.459 e. The van der Waals surface area contributed by atoms with Crippen LogP contribution in [-0.2, 0) is 9.53 Å². The molecule has 1 saturated heterocycles. The van der Waals surface area contributed by atoms with Crippen molar-refractivity contribution >= 4 is 11.8 Å². The maximum Gasteiger partial charge on any atom is 0.286 e. The van der Waals surface area contributed by atoms with Gasteiger partial charge in [0.15, 0.2) is 5.76 Å². The first-order chi connectivity index (χ1) is 8.75. The van der Waals surface area contributed by atoms with E-state index >= 15 is 0 Å². The van der Waals surface area contributed by atoms with E-state index in [1.807, 2.05) is 0 Å². The summed E-state index contributed by atoms with van der Waals surface area (Å²) in [5.74, 6) is 0.0226. The van der Waals surface area contributed by atoms with E-state index in [0.717, 1.165) is 0 Å². The predicted molar refractivity (Wildman–Crippen MR) is 63.0 cm³/mol. The maximum atomic E-state index is 11.5. The molecule has 98 valence electrons. The molecule has 0 spiro atoms. The Hall–Kier alpha value is -1.82. The highest BCUT2D eigenvalue weighted by Crippen LogP contribution is 2.01. The quantitative estimate of drug-likeness (QED) is 0.714. The smallest absolute Gasteiger partial charge is 0.286 e. The zero-order valence-corrected chi connectivity index (χ0v) is 9.98. The Morgan fingerprint density at radius 3 is 2.83 bits per heavy atom. The molecule has 0 radical (unpaired) electrons. The second-order valence-electron chi connectivity index (χ2n) is 4.14. The lowest BCUT2D eigenvalue weighted by Crippen LogP contribution is -2.48. The van der Waals surface area contributed by atoms with Crippen molar-refractivity contribution in [3.63, 3.8) is 0 Å². The van der Waals surface area contributed by atoms with E-state index in [-0.39, 0.29) is 23.6 Å². The van der Waals surface area contributed by atoms with E-state index in [0.29, 0.717) is 32.6 Å². The molecule has 1 aliphatic heterocycles. The van der Waals surface area contributed by atoms with Gasteiger partial charge >= 0.3 is 0 Å². The first-order valence-electron chi connectivity index (χ1n) is 5.94. The summed E-state index contributed by atoms with van der Waals surface area (Å²) in [7, 11) is 0. The molecular weight excluding hydrogens is 236 g/mol. The minimum atomic E-state index is -0.257. The van der Waals surface area contributed by atoms with Crippen LogP contribution in [0.5, 0.6) is 0 Å². The van der Waals surface area contributed by atoms with Gasteiger partial charge in [-0.2, -0.15) is 0 Å². The molecule has 1 aliphatic rings. The van der Waals surface area contributed by atoms with Gasteiger partial charge in [-0.1, -0.05) is 0 Å². The fourth-order valence-corrected chi connectivity index (χ4v) is 1.56. The van der Waals surface area contributed by atoms with Gasteiger partial charge in [0.25, 0.3) is 5.91 Å². The summed E-state index contributed by atoms with van der Waals surface area (Å²) >= 11 is 0. The van der Waals surface area contributed by atoms with E-state index in [4.69, 9.17) is 9.15 Å². The number of nitrogens with one attached hydrogen (secondary N) is 2. The van der Waals surface area contributed by atoms with Crippen molar-refractivity contribution in [1.82, 2.24) is 10.6 Å². The maximum absolute atomic E-state index is 11.5. The first kappa shape index (κ1) is 12.6. The third-order valence-corrected chi connectivity index (χ3v) is 2.61. The van der Waals surface area contributed by atoms with Gasteiger partial charge in [-0.3, -0.25) is 9.59 Å². The van der Waals surface area contributed by atoms with Crippen LogP contribution < -0.4 is 10.6 Å². The molecule has 6 nitrogen and oxygen atoms in total. The van der Waals surface area contributed by atoms with Gasteiger partial charge in [-0.05, 0) is 18.6 Å². The average molecular weight is 252 g/mol. The SMILES string of the molecule is O=C(CCCNC(=O)c1ccco1)NC1COC1. The lowest BCUT2D eigenvalue weighted by Gasteiger charge is -2.26. The zero-order chi connectivity index (χ0) is 12.8. The molecule has 2 rings (SSSR count). The summed E-state index contributed by atoms with van der Waals surface area (Å²) in [5, 5.41) is 5.52. The van der Waals surface area contributed by atoms with Crippen molar-refractivity contribution in [3.8, 4) is 0 Å². The minimum absolute atomic E-state index is 0.00412. The van der Waals surface area contributed by atoms with Gasteiger partial charge in [0.05, 0.1) is 25.5 Å². The summed E-state index contributed by atoms with van der Waals surface area (Å²) < 4.78 is 9.90. The summed E-state index contributed by atoms with van der Waals surface area (Å²) in [5.41, 5.74) is 0. The molecule has 6 heteroatoms. The Bertz CT molecular complexity index is 398. The lowest BCUT2D eigenvalue weighted by molar-refractivity contribution is -0.125. The molecule has 2 N–H and O–H groups in total. The number of rotatable bonds is 6. The van der Waals surface area contributed by atoms with Crippen LogP contribution in [0, 0.1) is 0 Å².